The summed E-state index contributed by atoms with van der Waals surface area (Å²) < 4.78 is 11.0. The molecular weight excluding hydrogens is 314 g/mol. The van der Waals surface area contributed by atoms with Crippen LogP contribution in [0.2, 0.25) is 0 Å². The molecule has 2 atom stereocenters. The molecule has 0 aromatic heterocycles. The maximum atomic E-state index is 11.7. The third-order valence-electron chi connectivity index (χ3n) is 3.49. The molecule has 0 rings (SSSR count). The second kappa shape index (κ2) is 14.4. The zero-order valence-electron chi connectivity index (χ0n) is 14.4. The SMILES string of the molecule is CCCCCCC=CCCCC(=O)N[C@@H](CCS(C)=O)C(=O)O. The van der Waals surface area contributed by atoms with Crippen molar-refractivity contribution >= 4 is 22.7 Å². The Balaban J connectivity index is 3.80. The smallest absolute Gasteiger partial charge is 0.326 e. The van der Waals surface area contributed by atoms with Crippen LogP contribution in [-0.4, -0.2) is 39.2 Å². The first-order chi connectivity index (χ1) is 11.0. The lowest BCUT2D eigenvalue weighted by atomic mass is 10.1. The minimum atomic E-state index is -1.07. The fourth-order valence-electron chi connectivity index (χ4n) is 2.11. The van der Waals surface area contributed by atoms with Gasteiger partial charge in [-0.05, 0) is 32.1 Å². The van der Waals surface area contributed by atoms with Crippen LogP contribution in [0.4, 0.5) is 0 Å². The summed E-state index contributed by atoms with van der Waals surface area (Å²) in [6.07, 6.45) is 13.9. The van der Waals surface area contributed by atoms with Gasteiger partial charge in [-0.25, -0.2) is 4.79 Å². The summed E-state index contributed by atoms with van der Waals surface area (Å²) in [4.78, 5) is 22.8. The number of hydrogen-bond donors (Lipinski definition) is 2. The van der Waals surface area contributed by atoms with E-state index in [9.17, 15) is 13.8 Å². The molecule has 0 aliphatic carbocycles. The Morgan fingerprint density at radius 2 is 1.78 bits per heavy atom. The summed E-state index contributed by atoms with van der Waals surface area (Å²) in [5.74, 6) is -1.05. The second-order valence-electron chi connectivity index (χ2n) is 5.74. The van der Waals surface area contributed by atoms with Gasteiger partial charge in [-0.1, -0.05) is 38.3 Å². The molecule has 1 amide bonds. The van der Waals surface area contributed by atoms with E-state index in [1.807, 2.05) is 0 Å². The zero-order valence-corrected chi connectivity index (χ0v) is 15.2. The van der Waals surface area contributed by atoms with E-state index in [-0.39, 0.29) is 18.1 Å². The lowest BCUT2D eigenvalue weighted by molar-refractivity contribution is -0.141. The van der Waals surface area contributed by atoms with Crippen molar-refractivity contribution in [1.29, 1.82) is 0 Å². The Kier molecular flexibility index (Phi) is 13.7. The first kappa shape index (κ1) is 21.8. The molecule has 2 N–H and O–H groups in total. The van der Waals surface area contributed by atoms with Crippen molar-refractivity contribution in [3.8, 4) is 0 Å². The molecule has 0 aromatic rings. The van der Waals surface area contributed by atoms with Gasteiger partial charge in [-0.3, -0.25) is 9.00 Å². The fourth-order valence-corrected chi connectivity index (χ4v) is 2.68. The molecule has 0 fully saturated rings. The monoisotopic (exact) mass is 345 g/mol. The molecule has 0 aliphatic rings. The van der Waals surface area contributed by atoms with Crippen molar-refractivity contribution in [3.63, 3.8) is 0 Å². The third kappa shape index (κ3) is 14.2. The molecule has 134 valence electrons. The van der Waals surface area contributed by atoms with Crippen LogP contribution >= 0.6 is 0 Å². The fraction of sp³-hybridized carbons (Fsp3) is 0.765. The van der Waals surface area contributed by atoms with Gasteiger partial charge in [0.25, 0.3) is 0 Å². The van der Waals surface area contributed by atoms with E-state index < -0.39 is 22.8 Å². The third-order valence-corrected chi connectivity index (χ3v) is 4.30. The van der Waals surface area contributed by atoms with Crippen LogP contribution in [-0.2, 0) is 20.4 Å². The predicted molar refractivity (Wildman–Crippen MR) is 94.9 cm³/mol. The number of rotatable bonds is 14. The van der Waals surface area contributed by atoms with Crippen LogP contribution in [0.5, 0.6) is 0 Å². The Labute approximate surface area is 142 Å². The van der Waals surface area contributed by atoms with Crippen LogP contribution in [0, 0.1) is 0 Å². The van der Waals surface area contributed by atoms with Gasteiger partial charge in [0.05, 0.1) is 0 Å². The van der Waals surface area contributed by atoms with Gasteiger partial charge in [0.15, 0.2) is 0 Å². The molecule has 0 heterocycles. The minimum Gasteiger partial charge on any atom is -0.480 e. The molecular formula is C17H31NO4S. The molecule has 0 saturated heterocycles. The number of allylic oxidation sites excluding steroid dienone is 2. The van der Waals surface area contributed by atoms with E-state index in [4.69, 9.17) is 5.11 Å². The predicted octanol–water partition coefficient (Wildman–Crippen LogP) is 3.02. The molecule has 23 heavy (non-hydrogen) atoms. The average molecular weight is 346 g/mol. The lowest BCUT2D eigenvalue weighted by Crippen LogP contribution is -2.41. The van der Waals surface area contributed by atoms with Crippen LogP contribution < -0.4 is 5.32 Å². The summed E-state index contributed by atoms with van der Waals surface area (Å²) in [6.45, 7) is 2.19. The summed E-state index contributed by atoms with van der Waals surface area (Å²) in [5, 5.41) is 11.5. The van der Waals surface area contributed by atoms with Crippen LogP contribution in [0.15, 0.2) is 12.2 Å². The van der Waals surface area contributed by atoms with E-state index in [0.29, 0.717) is 12.8 Å². The number of unbranched alkanes of at least 4 members (excludes halogenated alkanes) is 5. The van der Waals surface area contributed by atoms with Gasteiger partial charge in [-0.2, -0.15) is 0 Å². The van der Waals surface area contributed by atoms with E-state index in [1.165, 1.54) is 31.9 Å². The zero-order chi connectivity index (χ0) is 17.5. The normalized spacial score (nSPS) is 13.8. The number of carbonyl (C=O) groups excluding carboxylic acids is 1. The van der Waals surface area contributed by atoms with Gasteiger partial charge < -0.3 is 10.4 Å². The van der Waals surface area contributed by atoms with Crippen molar-refractivity contribution in [1.82, 2.24) is 5.32 Å². The molecule has 0 aromatic carbocycles. The Bertz CT molecular complexity index is 396. The van der Waals surface area contributed by atoms with Crippen LogP contribution in [0.3, 0.4) is 0 Å². The van der Waals surface area contributed by atoms with E-state index >= 15 is 0 Å². The van der Waals surface area contributed by atoms with Crippen molar-refractivity contribution in [2.24, 2.45) is 0 Å². The number of aliphatic carboxylic acids is 1. The largest absolute Gasteiger partial charge is 0.480 e. The highest BCUT2D eigenvalue weighted by atomic mass is 32.2. The maximum absolute atomic E-state index is 11.7. The Morgan fingerprint density at radius 1 is 1.13 bits per heavy atom. The Hall–Kier alpha value is -1.17. The number of amides is 1. The first-order valence-corrected chi connectivity index (χ1v) is 10.2. The van der Waals surface area contributed by atoms with Gasteiger partial charge in [0, 0.05) is 29.2 Å². The van der Waals surface area contributed by atoms with E-state index in [0.717, 1.165) is 12.8 Å². The molecule has 5 nitrogen and oxygen atoms in total. The number of nitrogens with one attached hydrogen (secondary N) is 1. The lowest BCUT2D eigenvalue weighted by Gasteiger charge is -2.13. The topological polar surface area (TPSA) is 83.5 Å². The Morgan fingerprint density at radius 3 is 2.35 bits per heavy atom. The summed E-state index contributed by atoms with van der Waals surface area (Å²) in [7, 11) is -1.05. The van der Waals surface area contributed by atoms with Crippen molar-refractivity contribution in [2.45, 2.75) is 70.8 Å². The average Bonchev–Trinajstić information content (AvgIpc) is 2.49. The highest BCUT2D eigenvalue weighted by Gasteiger charge is 2.19. The first-order valence-electron chi connectivity index (χ1n) is 8.44. The molecule has 0 spiro atoms. The maximum Gasteiger partial charge on any atom is 0.326 e. The van der Waals surface area contributed by atoms with Gasteiger partial charge in [-0.15, -0.1) is 0 Å². The molecule has 0 radical (unpaired) electrons. The number of carboxylic acid groups (broad SMARTS) is 1. The standard InChI is InChI=1S/C17H31NO4S/c1-3-4-5-6-7-8-9-10-11-12-16(19)18-15(17(20)21)13-14-23(2)22/h8-9,15H,3-7,10-14H2,1-2H3,(H,18,19)(H,20,21)/t15-,23?/m0/s1. The second-order valence-corrected chi connectivity index (χ2v) is 7.29. The van der Waals surface area contributed by atoms with Gasteiger partial charge in [0.2, 0.25) is 5.91 Å². The van der Waals surface area contributed by atoms with Gasteiger partial charge in [0.1, 0.15) is 6.04 Å². The van der Waals surface area contributed by atoms with Crippen molar-refractivity contribution in [2.75, 3.05) is 12.0 Å². The highest BCUT2D eigenvalue weighted by molar-refractivity contribution is 7.84. The molecule has 0 aliphatic heterocycles. The minimum absolute atomic E-state index is 0.196. The number of hydrogen-bond acceptors (Lipinski definition) is 3. The molecule has 1 unspecified atom stereocenters. The molecule has 6 heteroatoms. The molecule has 0 bridgehead atoms. The quantitative estimate of drug-likeness (QED) is 0.374. The summed E-state index contributed by atoms with van der Waals surface area (Å²) in [5.41, 5.74) is 0. The molecule has 0 saturated carbocycles. The van der Waals surface area contributed by atoms with Crippen molar-refractivity contribution < 1.29 is 18.9 Å². The van der Waals surface area contributed by atoms with E-state index in [1.54, 1.807) is 0 Å². The van der Waals surface area contributed by atoms with Crippen LogP contribution in [0.25, 0.3) is 0 Å². The van der Waals surface area contributed by atoms with E-state index in [2.05, 4.69) is 24.4 Å². The summed E-state index contributed by atoms with van der Waals surface area (Å²) in [6, 6.07) is -0.944. The van der Waals surface area contributed by atoms with Crippen molar-refractivity contribution in [3.05, 3.63) is 12.2 Å². The van der Waals surface area contributed by atoms with Crippen LogP contribution in [0.1, 0.15) is 64.7 Å². The van der Waals surface area contributed by atoms with Gasteiger partial charge >= 0.3 is 5.97 Å². The highest BCUT2D eigenvalue weighted by Crippen LogP contribution is 2.05. The summed E-state index contributed by atoms with van der Waals surface area (Å²) >= 11 is 0. The number of carbonyl (C=O) groups is 2. The number of carboxylic acids is 1.